The highest BCUT2D eigenvalue weighted by Gasteiger charge is 2.13. The molecule has 4 rings (SSSR count). The number of carboxylic acid groups (broad SMARTS) is 1. The monoisotopic (exact) mass is 399 g/mol. The topological polar surface area (TPSA) is 100 Å². The van der Waals surface area contributed by atoms with Gasteiger partial charge >= 0.3 is 5.97 Å². The molecule has 1 N–H and O–H groups in total. The molecular weight excluding hydrogens is 386 g/mol. The molecule has 7 heteroatoms. The second-order valence-corrected chi connectivity index (χ2v) is 7.15. The van der Waals surface area contributed by atoms with Crippen LogP contribution in [0.5, 0.6) is 0 Å². The van der Waals surface area contributed by atoms with Gasteiger partial charge in [-0.3, -0.25) is 0 Å². The van der Waals surface area contributed by atoms with Gasteiger partial charge in [-0.25, -0.2) is 4.79 Å². The van der Waals surface area contributed by atoms with Gasteiger partial charge in [-0.05, 0) is 41.5 Å². The van der Waals surface area contributed by atoms with Crippen molar-refractivity contribution in [2.45, 2.75) is 0 Å². The van der Waals surface area contributed by atoms with Gasteiger partial charge in [0.05, 0.1) is 4.88 Å². The van der Waals surface area contributed by atoms with Gasteiger partial charge in [0.25, 0.3) is 5.89 Å². The maximum Gasteiger partial charge on any atom is 0.346 e. The number of hydrogen-bond donors (Lipinski definition) is 1. The molecule has 6 nitrogen and oxygen atoms in total. The van der Waals surface area contributed by atoms with Crippen molar-refractivity contribution in [2.24, 2.45) is 0 Å². The van der Waals surface area contributed by atoms with Crippen LogP contribution in [-0.4, -0.2) is 21.3 Å². The summed E-state index contributed by atoms with van der Waals surface area (Å²) in [6.45, 7) is 0. The largest absolute Gasteiger partial charge is 0.477 e. The lowest BCUT2D eigenvalue weighted by molar-refractivity contribution is -0.132. The molecule has 4 aromatic rings. The van der Waals surface area contributed by atoms with Crippen LogP contribution in [0.2, 0.25) is 0 Å². The Morgan fingerprint density at radius 1 is 0.931 bits per heavy atom. The molecule has 0 aliphatic heterocycles. The fourth-order valence-corrected chi connectivity index (χ4v) is 3.58. The molecule has 0 radical (unpaired) electrons. The SMILES string of the molecule is N#C/C(=C/c1ccc(-c2nnc(-c3ccc(-c4ccccc4)cc3)o2)s1)C(=O)O. The van der Waals surface area contributed by atoms with E-state index in [-0.39, 0.29) is 5.57 Å². The lowest BCUT2D eigenvalue weighted by Crippen LogP contribution is -1.96. The predicted molar refractivity (Wildman–Crippen MR) is 110 cm³/mol. The summed E-state index contributed by atoms with van der Waals surface area (Å²) in [5.41, 5.74) is 2.69. The Morgan fingerprint density at radius 2 is 1.59 bits per heavy atom. The number of nitrogens with zero attached hydrogens (tertiary/aromatic N) is 3. The van der Waals surface area contributed by atoms with Gasteiger partial charge in [-0.1, -0.05) is 42.5 Å². The van der Waals surface area contributed by atoms with Gasteiger partial charge in [0.1, 0.15) is 11.6 Å². The van der Waals surface area contributed by atoms with Crippen LogP contribution in [0.3, 0.4) is 0 Å². The van der Waals surface area contributed by atoms with Crippen molar-refractivity contribution < 1.29 is 14.3 Å². The van der Waals surface area contributed by atoms with Crippen molar-refractivity contribution in [2.75, 3.05) is 0 Å². The first-order valence-electron chi connectivity index (χ1n) is 8.59. The Hall–Kier alpha value is -4.02. The highest BCUT2D eigenvalue weighted by atomic mass is 32.1. The third-order valence-electron chi connectivity index (χ3n) is 4.14. The zero-order chi connectivity index (χ0) is 20.2. The van der Waals surface area contributed by atoms with E-state index in [0.29, 0.717) is 21.5 Å². The Morgan fingerprint density at radius 3 is 2.28 bits per heavy atom. The number of aromatic nitrogens is 2. The average molecular weight is 399 g/mol. The van der Waals surface area contributed by atoms with Crippen molar-refractivity contribution in [3.63, 3.8) is 0 Å². The van der Waals surface area contributed by atoms with E-state index in [1.807, 2.05) is 54.6 Å². The van der Waals surface area contributed by atoms with Crippen LogP contribution in [0, 0.1) is 11.3 Å². The lowest BCUT2D eigenvalue weighted by atomic mass is 10.0. The van der Waals surface area contributed by atoms with E-state index in [1.165, 1.54) is 17.4 Å². The molecule has 2 heterocycles. The summed E-state index contributed by atoms with van der Waals surface area (Å²) in [6, 6.07) is 23.0. The minimum atomic E-state index is -1.26. The lowest BCUT2D eigenvalue weighted by Gasteiger charge is -2.01. The average Bonchev–Trinajstić information content (AvgIpc) is 3.42. The maximum absolute atomic E-state index is 11.0. The summed E-state index contributed by atoms with van der Waals surface area (Å²) in [5, 5.41) is 26.0. The third-order valence-corrected chi connectivity index (χ3v) is 5.16. The van der Waals surface area contributed by atoms with Gasteiger partial charge < -0.3 is 9.52 Å². The molecule has 0 bridgehead atoms. The molecule has 0 aliphatic carbocycles. The first-order valence-corrected chi connectivity index (χ1v) is 9.40. The summed E-state index contributed by atoms with van der Waals surface area (Å²) in [6.07, 6.45) is 1.32. The Labute approximate surface area is 170 Å². The summed E-state index contributed by atoms with van der Waals surface area (Å²) < 4.78 is 5.78. The normalized spacial score (nSPS) is 11.2. The number of rotatable bonds is 5. The van der Waals surface area contributed by atoms with Crippen LogP contribution in [0.15, 0.2) is 76.7 Å². The van der Waals surface area contributed by atoms with Crippen LogP contribution in [0.4, 0.5) is 0 Å². The molecule has 0 fully saturated rings. The summed E-state index contributed by atoms with van der Waals surface area (Å²) in [5.74, 6) is -0.527. The number of nitriles is 1. The van der Waals surface area contributed by atoms with Crippen LogP contribution >= 0.6 is 11.3 Å². The first kappa shape index (κ1) is 18.3. The number of carbonyl (C=O) groups is 1. The molecule has 140 valence electrons. The van der Waals surface area contributed by atoms with Gasteiger partial charge in [0.15, 0.2) is 0 Å². The van der Waals surface area contributed by atoms with E-state index in [4.69, 9.17) is 14.8 Å². The number of aliphatic carboxylic acids is 1. The smallest absolute Gasteiger partial charge is 0.346 e. The standard InChI is InChI=1S/C22H13N3O3S/c23-13-17(22(26)27)12-18-10-11-19(29-18)21-25-24-20(28-21)16-8-6-15(7-9-16)14-4-2-1-3-5-14/h1-12H,(H,26,27)/b17-12-. The van der Waals surface area contributed by atoms with Crippen LogP contribution in [0.1, 0.15) is 4.88 Å². The molecule has 0 amide bonds. The van der Waals surface area contributed by atoms with Gasteiger partial charge in [-0.2, -0.15) is 5.26 Å². The zero-order valence-corrected chi connectivity index (χ0v) is 15.8. The molecule has 29 heavy (non-hydrogen) atoms. The molecule has 0 atom stereocenters. The third kappa shape index (κ3) is 3.98. The fourth-order valence-electron chi connectivity index (χ4n) is 2.70. The van der Waals surface area contributed by atoms with E-state index >= 15 is 0 Å². The van der Waals surface area contributed by atoms with E-state index < -0.39 is 5.97 Å². The van der Waals surface area contributed by atoms with Crippen LogP contribution in [0.25, 0.3) is 39.4 Å². The highest BCUT2D eigenvalue weighted by Crippen LogP contribution is 2.31. The number of benzene rings is 2. The first-order chi connectivity index (χ1) is 14.1. The summed E-state index contributed by atoms with van der Waals surface area (Å²) >= 11 is 1.27. The highest BCUT2D eigenvalue weighted by molar-refractivity contribution is 7.16. The number of thiophene rings is 1. The number of carboxylic acids is 1. The molecular formula is C22H13N3O3S. The second-order valence-electron chi connectivity index (χ2n) is 6.03. The predicted octanol–water partition coefficient (Wildman–Crippen LogP) is 5.12. The van der Waals surface area contributed by atoms with Gasteiger partial charge in [-0.15, -0.1) is 21.5 Å². The van der Waals surface area contributed by atoms with Gasteiger partial charge in [0, 0.05) is 10.4 Å². The van der Waals surface area contributed by atoms with Crippen molar-refractivity contribution in [1.29, 1.82) is 5.26 Å². The minimum Gasteiger partial charge on any atom is -0.477 e. The summed E-state index contributed by atoms with van der Waals surface area (Å²) in [7, 11) is 0. The fraction of sp³-hybridized carbons (Fsp3) is 0. The molecule has 2 aromatic heterocycles. The number of hydrogen-bond acceptors (Lipinski definition) is 6. The van der Waals surface area contributed by atoms with Crippen LogP contribution in [-0.2, 0) is 4.79 Å². The second kappa shape index (κ2) is 7.92. The van der Waals surface area contributed by atoms with Crippen molar-refractivity contribution in [3.8, 4) is 39.4 Å². The van der Waals surface area contributed by atoms with Crippen molar-refractivity contribution in [1.82, 2.24) is 10.2 Å². The van der Waals surface area contributed by atoms with Crippen molar-refractivity contribution >= 4 is 23.4 Å². The quantitative estimate of drug-likeness (QED) is 0.369. The van der Waals surface area contributed by atoms with Crippen molar-refractivity contribution in [3.05, 3.63) is 77.2 Å². The Bertz CT molecular complexity index is 1230. The molecule has 0 unspecified atom stereocenters. The van der Waals surface area contributed by atoms with Crippen LogP contribution < -0.4 is 0 Å². The van der Waals surface area contributed by atoms with E-state index in [0.717, 1.165) is 16.7 Å². The van der Waals surface area contributed by atoms with E-state index in [1.54, 1.807) is 18.2 Å². The zero-order valence-electron chi connectivity index (χ0n) is 14.9. The van der Waals surface area contributed by atoms with Gasteiger partial charge in [0.2, 0.25) is 5.89 Å². The molecule has 0 saturated carbocycles. The Balaban J connectivity index is 1.56. The maximum atomic E-state index is 11.0. The Kier molecular flexibility index (Phi) is 5.01. The summed E-state index contributed by atoms with van der Waals surface area (Å²) in [4.78, 5) is 12.3. The van der Waals surface area contributed by atoms with E-state index in [9.17, 15) is 4.79 Å². The molecule has 0 spiro atoms. The van der Waals surface area contributed by atoms with E-state index in [2.05, 4.69) is 10.2 Å². The molecule has 0 saturated heterocycles. The molecule has 0 aliphatic rings. The molecule has 2 aromatic carbocycles. The minimum absolute atomic E-state index is 0.330.